The van der Waals surface area contributed by atoms with Gasteiger partial charge in [-0.05, 0) is 25.6 Å². The van der Waals surface area contributed by atoms with Gasteiger partial charge in [0.25, 0.3) is 0 Å². The Bertz CT molecular complexity index is 146. The molecule has 0 bridgehead atoms. The number of hydrogen-bond donors (Lipinski definition) is 0. The van der Waals surface area contributed by atoms with Crippen LogP contribution in [0.2, 0.25) is 0 Å². The minimum atomic E-state index is -0.0833. The molecule has 3 heteroatoms. The van der Waals surface area contributed by atoms with E-state index >= 15 is 0 Å². The van der Waals surface area contributed by atoms with E-state index in [2.05, 4.69) is 5.32 Å². The van der Waals surface area contributed by atoms with Crippen molar-refractivity contribution in [2.75, 3.05) is 0 Å². The van der Waals surface area contributed by atoms with Crippen molar-refractivity contribution in [1.29, 1.82) is 0 Å². The molecule has 43 valence electrons. The molecule has 0 aromatic carbocycles. The number of rotatable bonds is 0. The molecule has 0 saturated heterocycles. The molecular formula is C5H6NOS. The van der Waals surface area contributed by atoms with Crippen LogP contribution in [0.1, 0.15) is 13.8 Å². The molecule has 0 saturated carbocycles. The third kappa shape index (κ3) is 0.865. The number of amides is 1. The number of nitrogens with zero attached hydrogens (tertiary/aromatic N) is 1. The van der Waals surface area contributed by atoms with E-state index in [1.807, 2.05) is 13.8 Å². The first-order valence-electron chi connectivity index (χ1n) is 2.31. The number of carbonyl (C=O) groups is 1. The highest BCUT2D eigenvalue weighted by Crippen LogP contribution is 2.25. The molecule has 1 aliphatic heterocycles. The average molecular weight is 128 g/mol. The van der Waals surface area contributed by atoms with E-state index in [4.69, 9.17) is 0 Å². The Labute approximate surface area is 52.3 Å². The van der Waals surface area contributed by atoms with Gasteiger partial charge in [0.2, 0.25) is 0 Å². The van der Waals surface area contributed by atoms with Gasteiger partial charge in [0.15, 0.2) is 0 Å². The molecule has 8 heavy (non-hydrogen) atoms. The Morgan fingerprint density at radius 3 is 2.25 bits per heavy atom. The zero-order chi connectivity index (χ0) is 6.15. The Balaban J connectivity index is 2.73. The number of carbonyl (C=O) groups excluding carboxylic acids is 1. The summed E-state index contributed by atoms with van der Waals surface area (Å²) in [6.07, 6.45) is 0. The van der Waals surface area contributed by atoms with Crippen molar-refractivity contribution >= 4 is 17.0 Å². The lowest BCUT2D eigenvalue weighted by atomic mass is 10.5. The third-order valence-electron chi connectivity index (χ3n) is 1.01. The van der Waals surface area contributed by atoms with E-state index in [1.54, 1.807) is 0 Å². The van der Waals surface area contributed by atoms with Crippen LogP contribution in [0.4, 0.5) is 4.79 Å². The lowest BCUT2D eigenvalue weighted by Gasteiger charge is -1.83. The second-order valence-corrected chi connectivity index (χ2v) is 2.79. The molecule has 0 atom stereocenters. The largest absolute Gasteiger partial charge is 0.309 e. The Hall–Kier alpha value is -0.440. The van der Waals surface area contributed by atoms with Crippen LogP contribution in [-0.2, 0) is 0 Å². The second-order valence-electron chi connectivity index (χ2n) is 1.62. The Kier molecular flexibility index (Phi) is 1.29. The highest BCUT2D eigenvalue weighted by Gasteiger charge is 2.16. The van der Waals surface area contributed by atoms with E-state index in [0.717, 1.165) is 10.6 Å². The third-order valence-corrected chi connectivity index (χ3v) is 1.88. The second kappa shape index (κ2) is 1.82. The number of hydrogen-bond acceptors (Lipinski definition) is 2. The fourth-order valence-corrected chi connectivity index (χ4v) is 1.08. The molecule has 1 aliphatic rings. The number of thioether (sulfide) groups is 1. The van der Waals surface area contributed by atoms with Gasteiger partial charge in [-0.2, -0.15) is 0 Å². The Morgan fingerprint density at radius 1 is 1.50 bits per heavy atom. The van der Waals surface area contributed by atoms with Crippen LogP contribution in [0.3, 0.4) is 0 Å². The normalized spacial score (nSPS) is 19.5. The quantitative estimate of drug-likeness (QED) is 0.497. The highest BCUT2D eigenvalue weighted by molar-refractivity contribution is 8.17. The summed E-state index contributed by atoms with van der Waals surface area (Å²) in [7, 11) is 0. The van der Waals surface area contributed by atoms with Crippen molar-refractivity contribution in [2.45, 2.75) is 13.8 Å². The van der Waals surface area contributed by atoms with Gasteiger partial charge in [-0.3, -0.25) is 4.79 Å². The van der Waals surface area contributed by atoms with E-state index in [1.165, 1.54) is 11.8 Å². The summed E-state index contributed by atoms with van der Waals surface area (Å²) in [5, 5.41) is 3.59. The minimum Gasteiger partial charge on any atom is -0.259 e. The van der Waals surface area contributed by atoms with Crippen LogP contribution in [0.25, 0.3) is 0 Å². The molecule has 0 N–H and O–H groups in total. The molecule has 2 nitrogen and oxygen atoms in total. The summed E-state index contributed by atoms with van der Waals surface area (Å²) in [5.41, 5.74) is 0.861. The zero-order valence-electron chi connectivity index (χ0n) is 4.76. The maximum absolute atomic E-state index is 10.4. The van der Waals surface area contributed by atoms with Gasteiger partial charge in [0.05, 0.1) is 5.70 Å². The molecule has 1 heterocycles. The predicted molar refractivity (Wildman–Crippen MR) is 33.5 cm³/mol. The van der Waals surface area contributed by atoms with Gasteiger partial charge >= 0.3 is 5.24 Å². The van der Waals surface area contributed by atoms with Crippen molar-refractivity contribution in [3.63, 3.8) is 0 Å². The van der Waals surface area contributed by atoms with Crippen LogP contribution in [0, 0.1) is 0 Å². The fraction of sp³-hybridized carbons (Fsp3) is 0.400. The molecule has 0 fully saturated rings. The standard InChI is InChI=1S/C5H6NOS/c1-3-4(2)8-5(7)6-3/h1-2H3. The molecule has 0 unspecified atom stereocenters. The Morgan fingerprint density at radius 2 is 2.12 bits per heavy atom. The molecule has 1 amide bonds. The summed E-state index contributed by atoms with van der Waals surface area (Å²) in [6, 6.07) is 0. The average Bonchev–Trinajstić information content (AvgIpc) is 1.85. The molecule has 0 aromatic heterocycles. The highest BCUT2D eigenvalue weighted by atomic mass is 32.2. The SMILES string of the molecule is CC1=C(C)SC(=O)[N]1. The van der Waals surface area contributed by atoms with Gasteiger partial charge in [-0.25, -0.2) is 5.32 Å². The van der Waals surface area contributed by atoms with Crippen molar-refractivity contribution < 1.29 is 4.79 Å². The van der Waals surface area contributed by atoms with Gasteiger partial charge in [-0.1, -0.05) is 0 Å². The maximum Gasteiger partial charge on any atom is 0.309 e. The maximum atomic E-state index is 10.4. The van der Waals surface area contributed by atoms with Crippen LogP contribution >= 0.6 is 11.8 Å². The monoisotopic (exact) mass is 128 g/mol. The van der Waals surface area contributed by atoms with Gasteiger partial charge in [-0.15, -0.1) is 0 Å². The summed E-state index contributed by atoms with van der Waals surface area (Å²) >= 11 is 1.20. The van der Waals surface area contributed by atoms with Crippen molar-refractivity contribution in [3.8, 4) is 0 Å². The minimum absolute atomic E-state index is 0.0833. The first-order chi connectivity index (χ1) is 3.70. The molecule has 0 aliphatic carbocycles. The van der Waals surface area contributed by atoms with Crippen LogP contribution in [0.15, 0.2) is 10.6 Å². The summed E-state index contributed by atoms with van der Waals surface area (Å²) in [4.78, 5) is 11.4. The van der Waals surface area contributed by atoms with Crippen LogP contribution in [0.5, 0.6) is 0 Å². The molecule has 0 spiro atoms. The molecule has 1 radical (unpaired) electrons. The summed E-state index contributed by atoms with van der Waals surface area (Å²) < 4.78 is 0. The van der Waals surface area contributed by atoms with E-state index in [0.29, 0.717) is 0 Å². The van der Waals surface area contributed by atoms with Crippen molar-refractivity contribution in [2.24, 2.45) is 0 Å². The molecule has 1 rings (SSSR count). The van der Waals surface area contributed by atoms with Crippen LogP contribution in [-0.4, -0.2) is 5.24 Å². The van der Waals surface area contributed by atoms with Crippen LogP contribution < -0.4 is 5.32 Å². The van der Waals surface area contributed by atoms with E-state index < -0.39 is 0 Å². The van der Waals surface area contributed by atoms with E-state index in [-0.39, 0.29) is 5.24 Å². The van der Waals surface area contributed by atoms with E-state index in [9.17, 15) is 4.79 Å². The first kappa shape index (κ1) is 5.69. The van der Waals surface area contributed by atoms with Crippen molar-refractivity contribution in [3.05, 3.63) is 10.6 Å². The zero-order valence-corrected chi connectivity index (χ0v) is 5.58. The van der Waals surface area contributed by atoms with Gasteiger partial charge < -0.3 is 0 Å². The molecular weight excluding hydrogens is 122 g/mol. The predicted octanol–water partition coefficient (Wildman–Crippen LogP) is 1.71. The summed E-state index contributed by atoms with van der Waals surface area (Å²) in [5.74, 6) is 0. The smallest absolute Gasteiger partial charge is 0.259 e. The lowest BCUT2D eigenvalue weighted by Crippen LogP contribution is -1.98. The number of allylic oxidation sites excluding steroid dienone is 2. The van der Waals surface area contributed by atoms with Crippen molar-refractivity contribution in [1.82, 2.24) is 5.32 Å². The topological polar surface area (TPSA) is 31.2 Å². The van der Waals surface area contributed by atoms with Gasteiger partial charge in [0, 0.05) is 4.91 Å². The fourth-order valence-electron chi connectivity index (χ4n) is 0.443. The van der Waals surface area contributed by atoms with Gasteiger partial charge in [0.1, 0.15) is 0 Å². The molecule has 0 aromatic rings. The first-order valence-corrected chi connectivity index (χ1v) is 3.13. The lowest BCUT2D eigenvalue weighted by molar-refractivity contribution is 0.263. The summed E-state index contributed by atoms with van der Waals surface area (Å²) in [6.45, 7) is 3.74.